The molecule has 4 rings (SSSR count). The first-order valence-electron chi connectivity index (χ1n) is 9.33. The average molecular weight is 511 g/mol. The molecule has 0 radical (unpaired) electrons. The monoisotopic (exact) mass is 509 g/mol. The van der Waals surface area contributed by atoms with Crippen LogP contribution in [0, 0.1) is 0 Å². The second-order valence-corrected chi connectivity index (χ2v) is 8.42. The van der Waals surface area contributed by atoms with E-state index in [1.54, 1.807) is 47.3 Å². The highest BCUT2D eigenvalue weighted by Gasteiger charge is 2.16. The van der Waals surface area contributed by atoms with Crippen LogP contribution in [0.2, 0.25) is 20.1 Å². The number of aromatic nitrogens is 2. The van der Waals surface area contributed by atoms with Crippen molar-refractivity contribution < 1.29 is 13.9 Å². The maximum atomic E-state index is 12.5. The van der Waals surface area contributed by atoms with Crippen molar-refractivity contribution in [1.29, 1.82) is 0 Å². The van der Waals surface area contributed by atoms with E-state index in [0.717, 1.165) is 5.56 Å². The Morgan fingerprint density at radius 2 is 1.72 bits per heavy atom. The van der Waals surface area contributed by atoms with Crippen LogP contribution in [-0.4, -0.2) is 15.7 Å². The van der Waals surface area contributed by atoms with Crippen molar-refractivity contribution in [3.8, 4) is 5.75 Å². The number of benzene rings is 2. The van der Waals surface area contributed by atoms with E-state index in [2.05, 4.69) is 10.4 Å². The molecule has 2 aromatic heterocycles. The molecule has 164 valence electrons. The van der Waals surface area contributed by atoms with Gasteiger partial charge < -0.3 is 14.5 Å². The lowest BCUT2D eigenvalue weighted by atomic mass is 10.2. The van der Waals surface area contributed by atoms with E-state index in [1.165, 1.54) is 6.07 Å². The van der Waals surface area contributed by atoms with Gasteiger partial charge in [-0.2, -0.15) is 5.10 Å². The summed E-state index contributed by atoms with van der Waals surface area (Å²) in [6.07, 6.45) is 1.63. The van der Waals surface area contributed by atoms with E-state index in [-0.39, 0.29) is 18.2 Å². The van der Waals surface area contributed by atoms with Crippen molar-refractivity contribution in [3.05, 3.63) is 98.0 Å². The van der Waals surface area contributed by atoms with Crippen LogP contribution in [0.5, 0.6) is 5.75 Å². The number of furan rings is 1. The van der Waals surface area contributed by atoms with Crippen molar-refractivity contribution in [2.24, 2.45) is 0 Å². The quantitative estimate of drug-likeness (QED) is 0.291. The zero-order valence-corrected chi connectivity index (χ0v) is 19.3. The lowest BCUT2D eigenvalue weighted by Crippen LogP contribution is -2.12. The molecule has 0 spiro atoms. The van der Waals surface area contributed by atoms with E-state index in [0.29, 0.717) is 38.1 Å². The molecular weight excluding hydrogens is 496 g/mol. The molecule has 2 heterocycles. The predicted octanol–water partition coefficient (Wildman–Crippen LogP) is 6.97. The molecule has 1 N–H and O–H groups in total. The fourth-order valence-corrected chi connectivity index (χ4v) is 3.61. The standard InChI is InChI=1S/C22H15Cl4N3O3/c23-14-3-1-13(2-4-14)10-29-11-18(26)21(28-29)27-22(30)20-8-6-16(32-20)12-31-19-7-5-15(24)9-17(19)25/h1-9,11H,10,12H2,(H,27,28,30). The van der Waals surface area contributed by atoms with E-state index in [1.807, 2.05) is 12.1 Å². The fraction of sp³-hybridized carbons (Fsp3) is 0.0909. The second kappa shape index (κ2) is 9.88. The van der Waals surface area contributed by atoms with Gasteiger partial charge >= 0.3 is 0 Å². The summed E-state index contributed by atoms with van der Waals surface area (Å²) in [7, 11) is 0. The van der Waals surface area contributed by atoms with Crippen LogP contribution in [0.4, 0.5) is 5.82 Å². The van der Waals surface area contributed by atoms with Crippen LogP contribution in [0.1, 0.15) is 21.9 Å². The Labute approximate surface area is 203 Å². The van der Waals surface area contributed by atoms with Crippen LogP contribution in [0.15, 0.2) is 65.2 Å². The van der Waals surface area contributed by atoms with Gasteiger partial charge in [0, 0.05) is 16.2 Å². The highest BCUT2D eigenvalue weighted by atomic mass is 35.5. The van der Waals surface area contributed by atoms with Gasteiger partial charge in [0.2, 0.25) is 0 Å². The molecule has 2 aromatic carbocycles. The molecule has 0 aliphatic heterocycles. The Morgan fingerprint density at radius 3 is 2.47 bits per heavy atom. The van der Waals surface area contributed by atoms with Crippen molar-refractivity contribution in [2.75, 3.05) is 5.32 Å². The molecule has 0 aliphatic carbocycles. The Hall–Kier alpha value is -2.64. The van der Waals surface area contributed by atoms with Gasteiger partial charge in [-0.15, -0.1) is 0 Å². The Bertz CT molecular complexity index is 1250. The number of amides is 1. The van der Waals surface area contributed by atoms with E-state index >= 15 is 0 Å². The number of carbonyl (C=O) groups excluding carboxylic acids is 1. The minimum atomic E-state index is -0.487. The van der Waals surface area contributed by atoms with Gasteiger partial charge in [-0.1, -0.05) is 58.5 Å². The summed E-state index contributed by atoms with van der Waals surface area (Å²) < 4.78 is 12.8. The van der Waals surface area contributed by atoms with Gasteiger partial charge in [-0.3, -0.25) is 9.48 Å². The van der Waals surface area contributed by atoms with E-state index in [4.69, 9.17) is 55.6 Å². The first-order chi connectivity index (χ1) is 15.4. The third-order valence-electron chi connectivity index (χ3n) is 4.36. The summed E-state index contributed by atoms with van der Waals surface area (Å²) in [6, 6.07) is 15.4. The number of rotatable bonds is 7. The van der Waals surface area contributed by atoms with Crippen LogP contribution < -0.4 is 10.1 Å². The molecule has 1 amide bonds. The number of carbonyl (C=O) groups is 1. The topological polar surface area (TPSA) is 69.3 Å². The van der Waals surface area contributed by atoms with Gasteiger partial charge in [0.1, 0.15) is 23.1 Å². The number of nitrogens with one attached hydrogen (secondary N) is 1. The minimum Gasteiger partial charge on any atom is -0.484 e. The van der Waals surface area contributed by atoms with Crippen LogP contribution in [-0.2, 0) is 13.2 Å². The predicted molar refractivity (Wildman–Crippen MR) is 125 cm³/mol. The van der Waals surface area contributed by atoms with E-state index < -0.39 is 5.91 Å². The van der Waals surface area contributed by atoms with Gasteiger partial charge in [0.05, 0.1) is 11.6 Å². The molecule has 10 heteroatoms. The lowest BCUT2D eigenvalue weighted by molar-refractivity contribution is 0.0992. The molecule has 0 unspecified atom stereocenters. The maximum Gasteiger partial charge on any atom is 0.292 e. The zero-order chi connectivity index (χ0) is 22.7. The van der Waals surface area contributed by atoms with Crippen LogP contribution in [0.3, 0.4) is 0 Å². The number of anilines is 1. The largest absolute Gasteiger partial charge is 0.484 e. The normalized spacial score (nSPS) is 10.9. The smallest absolute Gasteiger partial charge is 0.292 e. The molecule has 0 fully saturated rings. The van der Waals surface area contributed by atoms with Crippen molar-refractivity contribution in [2.45, 2.75) is 13.2 Å². The number of halogens is 4. The highest BCUT2D eigenvalue weighted by molar-refractivity contribution is 6.35. The van der Waals surface area contributed by atoms with Gasteiger partial charge in [-0.05, 0) is 48.0 Å². The second-order valence-electron chi connectivity index (χ2n) is 6.73. The Balaban J connectivity index is 1.37. The Kier molecular flexibility index (Phi) is 6.96. The summed E-state index contributed by atoms with van der Waals surface area (Å²) in [5.41, 5.74) is 0.989. The molecule has 0 aliphatic rings. The summed E-state index contributed by atoms with van der Waals surface area (Å²) in [4.78, 5) is 12.5. The third-order valence-corrected chi connectivity index (χ3v) is 5.42. The van der Waals surface area contributed by atoms with Crippen molar-refractivity contribution in [3.63, 3.8) is 0 Å². The number of nitrogens with zero attached hydrogens (tertiary/aromatic N) is 2. The summed E-state index contributed by atoms with van der Waals surface area (Å²) in [5.74, 6) is 0.735. The highest BCUT2D eigenvalue weighted by Crippen LogP contribution is 2.28. The average Bonchev–Trinajstić information content (AvgIpc) is 3.36. The fourth-order valence-electron chi connectivity index (χ4n) is 2.83. The SMILES string of the molecule is O=C(Nc1nn(Cc2ccc(Cl)cc2)cc1Cl)c1ccc(COc2ccc(Cl)cc2Cl)o1. The van der Waals surface area contributed by atoms with Gasteiger partial charge in [-0.25, -0.2) is 0 Å². The lowest BCUT2D eigenvalue weighted by Gasteiger charge is -2.06. The number of hydrogen-bond donors (Lipinski definition) is 1. The molecule has 6 nitrogen and oxygen atoms in total. The molecule has 32 heavy (non-hydrogen) atoms. The number of hydrogen-bond acceptors (Lipinski definition) is 4. The summed E-state index contributed by atoms with van der Waals surface area (Å²) in [5, 5.41) is 8.82. The van der Waals surface area contributed by atoms with Crippen molar-refractivity contribution >= 4 is 58.1 Å². The Morgan fingerprint density at radius 1 is 0.969 bits per heavy atom. The first kappa shape index (κ1) is 22.6. The molecule has 4 aromatic rings. The summed E-state index contributed by atoms with van der Waals surface area (Å²) >= 11 is 24.1. The minimum absolute atomic E-state index is 0.0884. The zero-order valence-electron chi connectivity index (χ0n) is 16.3. The number of ether oxygens (including phenoxy) is 1. The van der Waals surface area contributed by atoms with Crippen LogP contribution >= 0.6 is 46.4 Å². The van der Waals surface area contributed by atoms with Gasteiger partial charge in [0.25, 0.3) is 5.91 Å². The first-order valence-corrected chi connectivity index (χ1v) is 10.8. The molecule has 0 saturated heterocycles. The molecule has 0 saturated carbocycles. The van der Waals surface area contributed by atoms with Gasteiger partial charge in [0.15, 0.2) is 11.6 Å². The molecule has 0 bridgehead atoms. The summed E-state index contributed by atoms with van der Waals surface area (Å²) in [6.45, 7) is 0.563. The molecule has 0 atom stereocenters. The van der Waals surface area contributed by atoms with Crippen LogP contribution in [0.25, 0.3) is 0 Å². The van der Waals surface area contributed by atoms with Crippen molar-refractivity contribution in [1.82, 2.24) is 9.78 Å². The third kappa shape index (κ3) is 5.58. The maximum absolute atomic E-state index is 12.5. The van der Waals surface area contributed by atoms with E-state index in [9.17, 15) is 4.79 Å². The molecular formula is C22H15Cl4N3O3.